The van der Waals surface area contributed by atoms with Crippen molar-refractivity contribution in [1.29, 1.82) is 0 Å². The first-order valence-corrected chi connectivity index (χ1v) is 13.2. The summed E-state index contributed by atoms with van der Waals surface area (Å²) in [7, 11) is -3.06. The molecule has 1 aromatic heterocycles. The van der Waals surface area contributed by atoms with Gasteiger partial charge in [-0.1, -0.05) is 24.6 Å². The SMILES string of the molecule is O=C(CSc1nnc(-c2ccc3c(c2)OCO3)o1)N(C1CCCC1)C1CCS(=O)(=O)C1. The first-order valence-electron chi connectivity index (χ1n) is 10.4. The third kappa shape index (κ3) is 4.38. The van der Waals surface area contributed by atoms with Crippen molar-refractivity contribution in [3.8, 4) is 23.0 Å². The molecule has 1 aromatic carbocycles. The molecule has 1 amide bonds. The Hall–Kier alpha value is -2.27. The van der Waals surface area contributed by atoms with Crippen LogP contribution >= 0.6 is 11.8 Å². The monoisotopic (exact) mass is 465 g/mol. The van der Waals surface area contributed by atoms with Crippen LogP contribution in [-0.4, -0.2) is 65.6 Å². The Balaban J connectivity index is 1.26. The van der Waals surface area contributed by atoms with Gasteiger partial charge in [-0.2, -0.15) is 0 Å². The number of aromatic nitrogens is 2. The Kier molecular flexibility index (Phi) is 5.55. The zero-order valence-corrected chi connectivity index (χ0v) is 18.5. The molecule has 11 heteroatoms. The summed E-state index contributed by atoms with van der Waals surface area (Å²) in [4.78, 5) is 14.9. The molecule has 1 aliphatic carbocycles. The van der Waals surface area contributed by atoms with Crippen LogP contribution in [0.25, 0.3) is 11.5 Å². The highest BCUT2D eigenvalue weighted by Gasteiger charge is 2.39. The van der Waals surface area contributed by atoms with Crippen LogP contribution in [-0.2, 0) is 14.6 Å². The highest BCUT2D eigenvalue weighted by Crippen LogP contribution is 2.36. The van der Waals surface area contributed by atoms with Crippen molar-refractivity contribution in [2.75, 3.05) is 24.1 Å². The van der Waals surface area contributed by atoms with E-state index in [4.69, 9.17) is 13.9 Å². The third-order valence-corrected chi connectivity index (χ3v) is 8.51. The van der Waals surface area contributed by atoms with Gasteiger partial charge in [-0.3, -0.25) is 4.79 Å². The fourth-order valence-electron chi connectivity index (χ4n) is 4.49. The third-order valence-electron chi connectivity index (χ3n) is 5.95. The maximum absolute atomic E-state index is 13.1. The quantitative estimate of drug-likeness (QED) is 0.594. The topological polar surface area (TPSA) is 112 Å². The smallest absolute Gasteiger partial charge is 0.277 e. The maximum atomic E-state index is 13.1. The zero-order valence-electron chi connectivity index (χ0n) is 16.9. The van der Waals surface area contributed by atoms with E-state index in [2.05, 4.69) is 10.2 Å². The van der Waals surface area contributed by atoms with Crippen LogP contribution in [0.1, 0.15) is 32.1 Å². The second-order valence-electron chi connectivity index (χ2n) is 8.03. The molecule has 5 rings (SSSR count). The standard InChI is InChI=1S/C20H23N3O6S2/c24-18(23(14-3-1-2-4-14)15-7-8-31(25,26)11-15)10-30-20-22-21-19(29-20)13-5-6-16-17(9-13)28-12-27-16/h5-6,9,14-15H,1-4,7-8,10-12H2. The van der Waals surface area contributed by atoms with E-state index in [1.54, 1.807) is 12.1 Å². The number of hydrogen-bond donors (Lipinski definition) is 0. The molecule has 31 heavy (non-hydrogen) atoms. The lowest BCUT2D eigenvalue weighted by Gasteiger charge is -2.34. The molecule has 0 N–H and O–H groups in total. The van der Waals surface area contributed by atoms with Gasteiger partial charge in [0.05, 0.1) is 17.3 Å². The van der Waals surface area contributed by atoms with Crippen molar-refractivity contribution in [3.05, 3.63) is 18.2 Å². The number of ether oxygens (including phenoxy) is 2. The summed E-state index contributed by atoms with van der Waals surface area (Å²) >= 11 is 1.18. The number of rotatable bonds is 6. The number of fused-ring (bicyclic) bond motifs is 1. The highest BCUT2D eigenvalue weighted by molar-refractivity contribution is 7.99. The van der Waals surface area contributed by atoms with Gasteiger partial charge in [0.25, 0.3) is 5.22 Å². The first-order chi connectivity index (χ1) is 15.0. The van der Waals surface area contributed by atoms with Crippen molar-refractivity contribution in [2.24, 2.45) is 0 Å². The maximum Gasteiger partial charge on any atom is 0.277 e. The number of carbonyl (C=O) groups excluding carboxylic acids is 1. The second kappa shape index (κ2) is 8.34. The number of amides is 1. The largest absolute Gasteiger partial charge is 0.454 e. The van der Waals surface area contributed by atoms with Gasteiger partial charge in [0.15, 0.2) is 21.3 Å². The van der Waals surface area contributed by atoms with Crippen LogP contribution in [0.4, 0.5) is 0 Å². The van der Waals surface area contributed by atoms with Crippen LogP contribution < -0.4 is 9.47 Å². The normalized spacial score (nSPS) is 22.1. The van der Waals surface area contributed by atoms with Gasteiger partial charge in [0.1, 0.15) is 0 Å². The molecule has 1 unspecified atom stereocenters. The van der Waals surface area contributed by atoms with Gasteiger partial charge >= 0.3 is 0 Å². The lowest BCUT2D eigenvalue weighted by molar-refractivity contribution is -0.132. The van der Waals surface area contributed by atoms with E-state index in [1.807, 2.05) is 11.0 Å². The number of hydrogen-bond acceptors (Lipinski definition) is 9. The van der Waals surface area contributed by atoms with Crippen molar-refractivity contribution < 1.29 is 27.1 Å². The Morgan fingerprint density at radius 3 is 2.68 bits per heavy atom. The van der Waals surface area contributed by atoms with E-state index in [-0.39, 0.29) is 42.0 Å². The molecule has 0 bridgehead atoms. The zero-order chi connectivity index (χ0) is 21.4. The minimum atomic E-state index is -3.06. The lowest BCUT2D eigenvalue weighted by atomic mass is 10.1. The molecule has 166 valence electrons. The number of thioether (sulfide) groups is 1. The molecular weight excluding hydrogens is 442 g/mol. The number of sulfone groups is 1. The molecule has 2 fully saturated rings. The van der Waals surface area contributed by atoms with E-state index >= 15 is 0 Å². The summed E-state index contributed by atoms with van der Waals surface area (Å²) in [5.41, 5.74) is 0.707. The summed E-state index contributed by atoms with van der Waals surface area (Å²) in [5, 5.41) is 8.41. The number of carbonyl (C=O) groups is 1. The average Bonchev–Trinajstić information content (AvgIpc) is 3.54. The molecule has 2 aliphatic heterocycles. The molecule has 1 saturated heterocycles. The van der Waals surface area contributed by atoms with Crippen LogP contribution in [0.5, 0.6) is 11.5 Å². The summed E-state index contributed by atoms with van der Waals surface area (Å²) in [6, 6.07) is 5.26. The van der Waals surface area contributed by atoms with Crippen molar-refractivity contribution in [1.82, 2.24) is 15.1 Å². The van der Waals surface area contributed by atoms with E-state index in [0.717, 1.165) is 25.7 Å². The lowest BCUT2D eigenvalue weighted by Crippen LogP contribution is -2.47. The summed E-state index contributed by atoms with van der Waals surface area (Å²) in [5.74, 6) is 1.92. The second-order valence-corrected chi connectivity index (χ2v) is 11.2. The van der Waals surface area contributed by atoms with Crippen LogP contribution in [0, 0.1) is 0 Å². The molecule has 1 saturated carbocycles. The highest BCUT2D eigenvalue weighted by atomic mass is 32.2. The molecule has 2 aromatic rings. The fraction of sp³-hybridized carbons (Fsp3) is 0.550. The summed E-state index contributed by atoms with van der Waals surface area (Å²) in [6.07, 6.45) is 4.53. The van der Waals surface area contributed by atoms with Crippen LogP contribution in [0.15, 0.2) is 27.8 Å². The molecule has 1 atom stereocenters. The van der Waals surface area contributed by atoms with Gasteiger partial charge in [0.2, 0.25) is 18.6 Å². The van der Waals surface area contributed by atoms with E-state index in [1.165, 1.54) is 11.8 Å². The Bertz CT molecular complexity index is 1080. The molecule has 9 nitrogen and oxygen atoms in total. The molecule has 0 radical (unpaired) electrons. The van der Waals surface area contributed by atoms with E-state index in [9.17, 15) is 13.2 Å². The van der Waals surface area contributed by atoms with Crippen LogP contribution in [0.2, 0.25) is 0 Å². The predicted octanol–water partition coefficient (Wildman–Crippen LogP) is 2.52. The molecule has 0 spiro atoms. The Morgan fingerprint density at radius 1 is 1.10 bits per heavy atom. The van der Waals surface area contributed by atoms with Crippen molar-refractivity contribution >= 4 is 27.5 Å². The first kappa shape index (κ1) is 20.6. The summed E-state index contributed by atoms with van der Waals surface area (Å²) < 4.78 is 40.4. The molecule has 3 heterocycles. The van der Waals surface area contributed by atoms with Crippen molar-refractivity contribution in [3.63, 3.8) is 0 Å². The fourth-order valence-corrected chi connectivity index (χ4v) is 6.84. The van der Waals surface area contributed by atoms with E-state index < -0.39 is 9.84 Å². The van der Waals surface area contributed by atoms with Gasteiger partial charge in [-0.25, -0.2) is 8.42 Å². The van der Waals surface area contributed by atoms with E-state index in [0.29, 0.717) is 34.6 Å². The minimum Gasteiger partial charge on any atom is -0.454 e. The Labute approximate surface area is 184 Å². The number of benzene rings is 1. The molecule has 3 aliphatic rings. The van der Waals surface area contributed by atoms with Gasteiger partial charge < -0.3 is 18.8 Å². The Morgan fingerprint density at radius 2 is 1.90 bits per heavy atom. The van der Waals surface area contributed by atoms with Gasteiger partial charge in [-0.05, 0) is 37.5 Å². The molecular formula is C20H23N3O6S2. The van der Waals surface area contributed by atoms with Crippen LogP contribution in [0.3, 0.4) is 0 Å². The predicted molar refractivity (Wildman–Crippen MR) is 113 cm³/mol. The summed E-state index contributed by atoms with van der Waals surface area (Å²) in [6.45, 7) is 0.186. The van der Waals surface area contributed by atoms with Gasteiger partial charge in [0, 0.05) is 17.6 Å². The number of nitrogens with zero attached hydrogens (tertiary/aromatic N) is 3. The van der Waals surface area contributed by atoms with Gasteiger partial charge in [-0.15, -0.1) is 10.2 Å². The minimum absolute atomic E-state index is 0.0642. The van der Waals surface area contributed by atoms with Crippen molar-refractivity contribution in [2.45, 2.75) is 49.4 Å². The average molecular weight is 466 g/mol.